The quantitative estimate of drug-likeness (QED) is 0.400. The molecule has 1 aliphatic heterocycles. The fourth-order valence-electron chi connectivity index (χ4n) is 3.51. The number of rotatable bonds is 11. The molecule has 1 heterocycles. The lowest BCUT2D eigenvalue weighted by molar-refractivity contribution is -0.114. The molecule has 3 heteroatoms. The number of carbonyl (C=O) groups is 2. The summed E-state index contributed by atoms with van der Waals surface area (Å²) in [4.78, 5) is 25.9. The van der Waals surface area contributed by atoms with E-state index in [2.05, 4.69) is 6.92 Å². The van der Waals surface area contributed by atoms with Crippen molar-refractivity contribution in [2.75, 3.05) is 11.4 Å². The van der Waals surface area contributed by atoms with Crippen LogP contribution >= 0.6 is 0 Å². The lowest BCUT2D eigenvalue weighted by Gasteiger charge is -2.18. The summed E-state index contributed by atoms with van der Waals surface area (Å²) in [5.74, 6) is -0.698. The number of Topliss-reactive ketones (excluding diaryl/α,β-unsaturated/α-hetero) is 1. The lowest BCUT2D eigenvalue weighted by Crippen LogP contribution is -2.31. The molecule has 1 amide bonds. The molecule has 1 aromatic carbocycles. The van der Waals surface area contributed by atoms with Gasteiger partial charge >= 0.3 is 0 Å². The van der Waals surface area contributed by atoms with Gasteiger partial charge in [-0.1, -0.05) is 76.8 Å². The smallest absolute Gasteiger partial charge is 0.299 e. The van der Waals surface area contributed by atoms with Crippen LogP contribution in [0.4, 0.5) is 5.69 Å². The highest BCUT2D eigenvalue weighted by Gasteiger charge is 2.36. The zero-order valence-corrected chi connectivity index (χ0v) is 15.3. The summed E-state index contributed by atoms with van der Waals surface area (Å²) < 4.78 is 0. The summed E-state index contributed by atoms with van der Waals surface area (Å²) >= 11 is 0. The van der Waals surface area contributed by atoms with Crippen molar-refractivity contribution in [3.8, 4) is 0 Å². The molecule has 132 valence electrons. The number of aryl methyl sites for hydroxylation is 1. The van der Waals surface area contributed by atoms with E-state index in [0.29, 0.717) is 12.1 Å². The van der Waals surface area contributed by atoms with Crippen LogP contribution in [0.2, 0.25) is 0 Å². The second kappa shape index (κ2) is 9.61. The van der Waals surface area contributed by atoms with Crippen molar-refractivity contribution in [1.29, 1.82) is 0 Å². The van der Waals surface area contributed by atoms with Crippen LogP contribution in [-0.2, 0) is 4.79 Å². The average Bonchev–Trinajstić information content (AvgIpc) is 2.82. The first kappa shape index (κ1) is 18.7. The van der Waals surface area contributed by atoms with Crippen molar-refractivity contribution in [3.05, 3.63) is 29.3 Å². The van der Waals surface area contributed by atoms with Gasteiger partial charge in [0.05, 0.1) is 11.3 Å². The molecule has 0 saturated carbocycles. The van der Waals surface area contributed by atoms with Crippen LogP contribution in [0.5, 0.6) is 0 Å². The number of fused-ring (bicyclic) bond motifs is 1. The second-order valence-electron chi connectivity index (χ2n) is 6.94. The van der Waals surface area contributed by atoms with Gasteiger partial charge in [0.2, 0.25) is 0 Å². The van der Waals surface area contributed by atoms with Crippen molar-refractivity contribution < 1.29 is 9.59 Å². The molecule has 0 aromatic heterocycles. The molecule has 0 radical (unpaired) electrons. The van der Waals surface area contributed by atoms with Gasteiger partial charge in [-0.05, 0) is 25.0 Å². The number of hydrogen-bond acceptors (Lipinski definition) is 2. The zero-order chi connectivity index (χ0) is 17.4. The van der Waals surface area contributed by atoms with Crippen LogP contribution in [0.15, 0.2) is 18.2 Å². The Morgan fingerprint density at radius 2 is 1.42 bits per heavy atom. The van der Waals surface area contributed by atoms with Gasteiger partial charge in [-0.2, -0.15) is 0 Å². The number of hydrogen-bond donors (Lipinski definition) is 0. The van der Waals surface area contributed by atoms with E-state index in [1.807, 2.05) is 19.1 Å². The van der Waals surface area contributed by atoms with Crippen LogP contribution in [0.1, 0.15) is 87.1 Å². The standard InChI is InChI=1S/C21H31NO2/c1-3-4-5-6-7-8-9-10-11-12-16-22-19-17(2)14-13-15-18(19)20(23)21(22)24/h13-15H,3-12,16H2,1-2H3. The molecule has 1 aliphatic rings. The van der Waals surface area contributed by atoms with E-state index in [1.54, 1.807) is 11.0 Å². The van der Waals surface area contributed by atoms with Gasteiger partial charge in [0.15, 0.2) is 0 Å². The van der Waals surface area contributed by atoms with E-state index >= 15 is 0 Å². The number of anilines is 1. The first-order valence-electron chi connectivity index (χ1n) is 9.62. The largest absolute Gasteiger partial charge is 0.304 e. The molecule has 3 nitrogen and oxygen atoms in total. The maximum absolute atomic E-state index is 12.2. The van der Waals surface area contributed by atoms with Crippen LogP contribution in [0, 0.1) is 6.92 Å². The highest BCUT2D eigenvalue weighted by Crippen LogP contribution is 2.32. The zero-order valence-electron chi connectivity index (χ0n) is 15.3. The Balaban J connectivity index is 1.67. The maximum Gasteiger partial charge on any atom is 0.299 e. The Bertz CT molecular complexity index is 565. The summed E-state index contributed by atoms with van der Waals surface area (Å²) in [6.45, 7) is 4.88. The van der Waals surface area contributed by atoms with Gasteiger partial charge in [0.25, 0.3) is 11.7 Å². The Hall–Kier alpha value is -1.64. The first-order valence-corrected chi connectivity index (χ1v) is 9.62. The normalized spacial score (nSPS) is 13.7. The van der Waals surface area contributed by atoms with Gasteiger partial charge in [-0.25, -0.2) is 0 Å². The van der Waals surface area contributed by atoms with E-state index in [-0.39, 0.29) is 11.7 Å². The van der Waals surface area contributed by atoms with Gasteiger partial charge in [0, 0.05) is 6.54 Å². The number of carbonyl (C=O) groups excluding carboxylic acids is 2. The minimum absolute atomic E-state index is 0.347. The molecule has 0 atom stereocenters. The lowest BCUT2D eigenvalue weighted by atomic mass is 10.1. The summed E-state index contributed by atoms with van der Waals surface area (Å²) in [6.07, 6.45) is 12.7. The molecule has 0 bridgehead atoms. The van der Waals surface area contributed by atoms with Crippen LogP contribution in [0.3, 0.4) is 0 Å². The molecule has 24 heavy (non-hydrogen) atoms. The molecule has 0 unspecified atom stereocenters. The molecule has 0 spiro atoms. The van der Waals surface area contributed by atoms with Gasteiger partial charge < -0.3 is 4.90 Å². The third kappa shape index (κ3) is 4.68. The number of unbranched alkanes of at least 4 members (excludes halogenated alkanes) is 9. The maximum atomic E-state index is 12.2. The van der Waals surface area contributed by atoms with Crippen LogP contribution < -0.4 is 4.90 Å². The number of para-hydroxylation sites is 1. The van der Waals surface area contributed by atoms with Crippen molar-refractivity contribution in [3.63, 3.8) is 0 Å². The van der Waals surface area contributed by atoms with Crippen LogP contribution in [0.25, 0.3) is 0 Å². The Morgan fingerprint density at radius 1 is 0.833 bits per heavy atom. The van der Waals surface area contributed by atoms with Gasteiger partial charge in [-0.3, -0.25) is 9.59 Å². The van der Waals surface area contributed by atoms with Crippen molar-refractivity contribution >= 4 is 17.4 Å². The van der Waals surface area contributed by atoms with Crippen molar-refractivity contribution in [2.24, 2.45) is 0 Å². The van der Waals surface area contributed by atoms with E-state index in [0.717, 1.165) is 24.1 Å². The topological polar surface area (TPSA) is 37.4 Å². The van der Waals surface area contributed by atoms with Crippen molar-refractivity contribution in [1.82, 2.24) is 0 Å². The van der Waals surface area contributed by atoms with E-state index in [4.69, 9.17) is 0 Å². The number of amides is 1. The first-order chi connectivity index (χ1) is 11.7. The highest BCUT2D eigenvalue weighted by molar-refractivity contribution is 6.52. The van der Waals surface area contributed by atoms with Crippen LogP contribution in [-0.4, -0.2) is 18.2 Å². The molecule has 0 fully saturated rings. The fraction of sp³-hybridized carbons (Fsp3) is 0.619. The van der Waals surface area contributed by atoms with E-state index < -0.39 is 0 Å². The summed E-state index contributed by atoms with van der Waals surface area (Å²) in [7, 11) is 0. The highest BCUT2D eigenvalue weighted by atomic mass is 16.2. The SMILES string of the molecule is CCCCCCCCCCCCN1C(=O)C(=O)c2cccc(C)c21. The monoisotopic (exact) mass is 329 g/mol. The summed E-state index contributed by atoms with van der Waals surface area (Å²) in [5.41, 5.74) is 2.43. The predicted molar refractivity (Wildman–Crippen MR) is 99.7 cm³/mol. The molecular formula is C21H31NO2. The van der Waals surface area contributed by atoms with E-state index in [9.17, 15) is 9.59 Å². The second-order valence-corrected chi connectivity index (χ2v) is 6.94. The minimum Gasteiger partial charge on any atom is -0.304 e. The number of nitrogens with zero attached hydrogens (tertiary/aromatic N) is 1. The molecule has 1 aromatic rings. The number of ketones is 1. The Morgan fingerprint density at radius 3 is 2.04 bits per heavy atom. The Labute approximate surface area is 146 Å². The third-order valence-electron chi connectivity index (χ3n) is 4.93. The Kier molecular flexibility index (Phi) is 7.48. The minimum atomic E-state index is -0.352. The summed E-state index contributed by atoms with van der Waals surface area (Å²) in [6, 6.07) is 5.58. The third-order valence-corrected chi connectivity index (χ3v) is 4.93. The predicted octanol–water partition coefficient (Wildman–Crippen LogP) is 5.45. The van der Waals surface area contributed by atoms with Crippen molar-refractivity contribution in [2.45, 2.75) is 78.1 Å². The molecule has 0 aliphatic carbocycles. The average molecular weight is 329 g/mol. The van der Waals surface area contributed by atoms with Gasteiger partial charge in [-0.15, -0.1) is 0 Å². The fourth-order valence-corrected chi connectivity index (χ4v) is 3.51. The van der Waals surface area contributed by atoms with Gasteiger partial charge in [0.1, 0.15) is 0 Å². The van der Waals surface area contributed by atoms with E-state index in [1.165, 1.54) is 51.4 Å². The number of benzene rings is 1. The molecule has 0 saturated heterocycles. The molecular weight excluding hydrogens is 298 g/mol. The molecule has 2 rings (SSSR count). The molecule has 0 N–H and O–H groups in total. The summed E-state index contributed by atoms with van der Waals surface area (Å²) in [5, 5.41) is 0.